The van der Waals surface area contributed by atoms with Gasteiger partial charge in [-0.3, -0.25) is 9.59 Å². The van der Waals surface area contributed by atoms with Crippen LogP contribution in [0.5, 0.6) is 11.5 Å². The summed E-state index contributed by atoms with van der Waals surface area (Å²) in [5.74, 6) is -0.767. The van der Waals surface area contributed by atoms with Crippen molar-refractivity contribution >= 4 is 23.6 Å². The Labute approximate surface area is 165 Å². The van der Waals surface area contributed by atoms with Crippen LogP contribution in [-0.2, 0) is 9.59 Å². The number of benzene rings is 2. The second-order valence-corrected chi connectivity index (χ2v) is 6.05. The zero-order valence-electron chi connectivity index (χ0n) is 15.5. The predicted molar refractivity (Wildman–Crippen MR) is 102 cm³/mol. The Bertz CT molecular complexity index is 894. The monoisotopic (exact) mass is 408 g/mol. The fourth-order valence-electron chi connectivity index (χ4n) is 2.19. The lowest BCUT2D eigenvalue weighted by Gasteiger charge is -2.14. The van der Waals surface area contributed by atoms with Crippen molar-refractivity contribution in [2.24, 2.45) is 5.73 Å². The van der Waals surface area contributed by atoms with Crippen LogP contribution in [0.3, 0.4) is 0 Å². The highest BCUT2D eigenvalue weighted by Gasteiger charge is 2.29. The number of hydrogen-bond acceptors (Lipinski definition) is 4. The van der Waals surface area contributed by atoms with Gasteiger partial charge in [0.25, 0.3) is 5.91 Å². The van der Waals surface area contributed by atoms with Gasteiger partial charge in [0.1, 0.15) is 11.5 Å². The molecule has 0 aliphatic heterocycles. The molecule has 0 saturated heterocycles. The van der Waals surface area contributed by atoms with Crippen molar-refractivity contribution < 1.29 is 32.2 Å². The number of amides is 2. The molecule has 0 bridgehead atoms. The Hall–Kier alpha value is -3.49. The van der Waals surface area contributed by atoms with Crippen LogP contribution in [0.25, 0.3) is 6.08 Å². The average Bonchev–Trinajstić information content (AvgIpc) is 2.65. The van der Waals surface area contributed by atoms with Gasteiger partial charge in [-0.1, -0.05) is 18.2 Å². The molecule has 0 aromatic heterocycles. The van der Waals surface area contributed by atoms with Gasteiger partial charge >= 0.3 is 6.18 Å². The van der Waals surface area contributed by atoms with E-state index >= 15 is 0 Å². The number of alkyl halides is 3. The molecule has 9 heteroatoms. The van der Waals surface area contributed by atoms with E-state index in [9.17, 15) is 22.8 Å². The minimum atomic E-state index is -4.49. The Morgan fingerprint density at radius 1 is 1.10 bits per heavy atom. The molecule has 154 valence electrons. The average molecular weight is 408 g/mol. The minimum absolute atomic E-state index is 0.0694. The lowest BCUT2D eigenvalue weighted by atomic mass is 10.2. The summed E-state index contributed by atoms with van der Waals surface area (Å²) in [6, 6.07) is 11.0. The van der Waals surface area contributed by atoms with Crippen LogP contribution in [0.1, 0.15) is 11.1 Å². The van der Waals surface area contributed by atoms with E-state index in [1.807, 2.05) is 0 Å². The maximum Gasteiger partial charge on any atom is 0.422 e. The number of halogens is 3. The molecule has 2 aromatic rings. The zero-order valence-corrected chi connectivity index (χ0v) is 15.5. The van der Waals surface area contributed by atoms with E-state index in [4.69, 9.17) is 15.2 Å². The quantitative estimate of drug-likeness (QED) is 0.655. The van der Waals surface area contributed by atoms with Gasteiger partial charge in [0, 0.05) is 6.08 Å². The van der Waals surface area contributed by atoms with E-state index in [1.54, 1.807) is 37.3 Å². The second-order valence-electron chi connectivity index (χ2n) is 6.05. The lowest BCUT2D eigenvalue weighted by Crippen LogP contribution is -2.20. The minimum Gasteiger partial charge on any atom is -0.484 e. The van der Waals surface area contributed by atoms with E-state index in [-0.39, 0.29) is 18.0 Å². The van der Waals surface area contributed by atoms with Crippen LogP contribution in [-0.4, -0.2) is 31.2 Å². The van der Waals surface area contributed by atoms with E-state index in [0.29, 0.717) is 16.9 Å². The smallest absolute Gasteiger partial charge is 0.422 e. The lowest BCUT2D eigenvalue weighted by molar-refractivity contribution is -0.153. The van der Waals surface area contributed by atoms with Crippen LogP contribution >= 0.6 is 0 Å². The number of primary amides is 1. The number of carbonyl (C=O) groups excluding carboxylic acids is 2. The van der Waals surface area contributed by atoms with Gasteiger partial charge in [0.2, 0.25) is 5.91 Å². The fourth-order valence-corrected chi connectivity index (χ4v) is 2.19. The molecule has 0 saturated carbocycles. The number of nitrogens with one attached hydrogen (secondary N) is 1. The molecule has 2 amide bonds. The highest BCUT2D eigenvalue weighted by atomic mass is 19.4. The van der Waals surface area contributed by atoms with Gasteiger partial charge in [0.15, 0.2) is 13.2 Å². The van der Waals surface area contributed by atoms with Gasteiger partial charge in [-0.05, 0) is 48.4 Å². The summed E-state index contributed by atoms with van der Waals surface area (Å²) in [4.78, 5) is 22.8. The number of anilines is 1. The molecule has 2 aromatic carbocycles. The molecule has 0 unspecified atom stereocenters. The fraction of sp³-hybridized carbons (Fsp3) is 0.200. The van der Waals surface area contributed by atoms with Gasteiger partial charge in [-0.25, -0.2) is 0 Å². The van der Waals surface area contributed by atoms with Crippen molar-refractivity contribution in [3.8, 4) is 11.5 Å². The predicted octanol–water partition coefficient (Wildman–Crippen LogP) is 3.45. The molecule has 3 N–H and O–H groups in total. The third-order valence-electron chi connectivity index (χ3n) is 3.47. The zero-order chi connectivity index (χ0) is 21.4. The third-order valence-corrected chi connectivity index (χ3v) is 3.47. The first-order valence-corrected chi connectivity index (χ1v) is 8.43. The SMILES string of the molecule is Cc1ccc(NC(=O)/C=C/c2ccc(OCC(N)=O)cc2)c(OCC(F)(F)F)c1. The summed E-state index contributed by atoms with van der Waals surface area (Å²) in [6.45, 7) is -0.00497. The summed E-state index contributed by atoms with van der Waals surface area (Å²) in [7, 11) is 0. The first-order chi connectivity index (χ1) is 13.6. The van der Waals surface area contributed by atoms with Crippen molar-refractivity contribution in [1.29, 1.82) is 0 Å². The van der Waals surface area contributed by atoms with Gasteiger partial charge in [-0.15, -0.1) is 0 Å². The maximum absolute atomic E-state index is 12.4. The number of aryl methyl sites for hydroxylation is 1. The Morgan fingerprint density at radius 2 is 1.79 bits per heavy atom. The van der Waals surface area contributed by atoms with Crippen molar-refractivity contribution in [3.05, 3.63) is 59.7 Å². The van der Waals surface area contributed by atoms with Crippen LogP contribution < -0.4 is 20.5 Å². The van der Waals surface area contributed by atoms with E-state index in [2.05, 4.69) is 5.32 Å². The van der Waals surface area contributed by atoms with Crippen LogP contribution in [0, 0.1) is 6.92 Å². The summed E-state index contributed by atoms with van der Waals surface area (Å²) >= 11 is 0. The molecule has 29 heavy (non-hydrogen) atoms. The maximum atomic E-state index is 12.4. The van der Waals surface area contributed by atoms with E-state index < -0.39 is 24.6 Å². The first-order valence-electron chi connectivity index (χ1n) is 8.43. The Balaban J connectivity index is 2.00. The third kappa shape index (κ3) is 7.96. The highest BCUT2D eigenvalue weighted by molar-refractivity contribution is 6.02. The molecule has 0 aliphatic rings. The molecular formula is C20H19F3N2O4. The standard InChI is InChI=1S/C20H19F3N2O4/c1-13-2-8-16(17(10-13)29-12-20(21,22)23)25-19(27)9-5-14-3-6-15(7-4-14)28-11-18(24)26/h2-10H,11-12H2,1H3,(H2,24,26)(H,25,27)/b9-5+. The van der Waals surface area contributed by atoms with Crippen molar-refractivity contribution in [2.75, 3.05) is 18.5 Å². The topological polar surface area (TPSA) is 90.6 Å². The molecule has 0 fully saturated rings. The molecule has 6 nitrogen and oxygen atoms in total. The summed E-state index contributed by atoms with van der Waals surface area (Å²) in [6.07, 6.45) is -1.75. The van der Waals surface area contributed by atoms with Crippen molar-refractivity contribution in [2.45, 2.75) is 13.1 Å². The molecule has 0 atom stereocenters. The Morgan fingerprint density at radius 3 is 2.41 bits per heavy atom. The van der Waals surface area contributed by atoms with Gasteiger partial charge in [-0.2, -0.15) is 13.2 Å². The summed E-state index contributed by atoms with van der Waals surface area (Å²) < 4.78 is 47.1. The summed E-state index contributed by atoms with van der Waals surface area (Å²) in [5, 5.41) is 2.49. The van der Waals surface area contributed by atoms with Crippen molar-refractivity contribution in [1.82, 2.24) is 0 Å². The molecule has 0 radical (unpaired) electrons. The molecule has 0 heterocycles. The normalized spacial score (nSPS) is 11.3. The molecule has 0 spiro atoms. The van der Waals surface area contributed by atoms with Crippen LogP contribution in [0.2, 0.25) is 0 Å². The highest BCUT2D eigenvalue weighted by Crippen LogP contribution is 2.28. The molecular weight excluding hydrogens is 389 g/mol. The Kier molecular flexibility index (Phi) is 7.24. The molecule has 0 aliphatic carbocycles. The van der Waals surface area contributed by atoms with Crippen molar-refractivity contribution in [3.63, 3.8) is 0 Å². The van der Waals surface area contributed by atoms with E-state index in [1.165, 1.54) is 24.3 Å². The van der Waals surface area contributed by atoms with Crippen LogP contribution in [0.15, 0.2) is 48.5 Å². The largest absolute Gasteiger partial charge is 0.484 e. The number of hydrogen-bond donors (Lipinski definition) is 2. The van der Waals surface area contributed by atoms with Gasteiger partial charge in [0.05, 0.1) is 5.69 Å². The molecule has 2 rings (SSSR count). The second kappa shape index (κ2) is 9.63. The number of ether oxygens (including phenoxy) is 2. The summed E-state index contributed by atoms with van der Waals surface area (Å²) in [5.41, 5.74) is 6.48. The number of rotatable bonds is 8. The van der Waals surface area contributed by atoms with Crippen LogP contribution in [0.4, 0.5) is 18.9 Å². The number of carbonyl (C=O) groups is 2. The van der Waals surface area contributed by atoms with Gasteiger partial charge < -0.3 is 20.5 Å². The van der Waals surface area contributed by atoms with E-state index in [0.717, 1.165) is 0 Å². The number of nitrogens with two attached hydrogens (primary N) is 1. The first kappa shape index (κ1) is 21.8.